The van der Waals surface area contributed by atoms with Crippen LogP contribution in [0.15, 0.2) is 18.2 Å². The largest absolute Gasteiger partial charge is 0.369 e. The van der Waals surface area contributed by atoms with Crippen LogP contribution in [0, 0.1) is 11.3 Å². The number of amides is 1. The molecule has 0 radical (unpaired) electrons. The van der Waals surface area contributed by atoms with Gasteiger partial charge in [-0.05, 0) is 32.9 Å². The zero-order valence-corrected chi connectivity index (χ0v) is 11.7. The van der Waals surface area contributed by atoms with Gasteiger partial charge in [-0.3, -0.25) is 9.36 Å². The lowest BCUT2D eigenvalue weighted by Gasteiger charge is -2.17. The minimum Gasteiger partial charge on any atom is -0.369 e. The van der Waals surface area contributed by atoms with Gasteiger partial charge >= 0.3 is 0 Å². The van der Waals surface area contributed by atoms with E-state index in [1.54, 1.807) is 29.7 Å². The van der Waals surface area contributed by atoms with Crippen molar-refractivity contribution in [2.45, 2.75) is 32.9 Å². The standard InChI is InChI=1S/C14H17N5O/c1-8(2)17-13(20)9(3)19-11-6-4-5-10(7-15)12(11)18-14(19)16/h4-6,8-9H,1-3H3,(H2,16,18)(H,17,20). The number of nitriles is 1. The summed E-state index contributed by atoms with van der Waals surface area (Å²) >= 11 is 0. The molecule has 1 unspecified atom stereocenters. The lowest BCUT2D eigenvalue weighted by Crippen LogP contribution is -2.36. The molecule has 6 heteroatoms. The molecule has 2 aromatic rings. The highest BCUT2D eigenvalue weighted by Crippen LogP contribution is 2.25. The molecular weight excluding hydrogens is 254 g/mol. The number of carbonyl (C=O) groups is 1. The smallest absolute Gasteiger partial charge is 0.243 e. The summed E-state index contributed by atoms with van der Waals surface area (Å²) < 4.78 is 1.65. The van der Waals surface area contributed by atoms with Crippen molar-refractivity contribution in [1.82, 2.24) is 14.9 Å². The molecule has 2 rings (SSSR count). The van der Waals surface area contributed by atoms with Crippen LogP contribution in [-0.4, -0.2) is 21.5 Å². The number of nitrogen functional groups attached to an aromatic ring is 1. The molecule has 0 aliphatic carbocycles. The Morgan fingerprint density at radius 2 is 2.15 bits per heavy atom. The Morgan fingerprint density at radius 1 is 1.45 bits per heavy atom. The minimum absolute atomic E-state index is 0.0515. The summed E-state index contributed by atoms with van der Waals surface area (Å²) in [5.41, 5.74) is 7.57. The lowest BCUT2D eigenvalue weighted by molar-refractivity contribution is -0.124. The highest BCUT2D eigenvalue weighted by atomic mass is 16.2. The second-order valence-corrected chi connectivity index (χ2v) is 4.96. The van der Waals surface area contributed by atoms with Crippen molar-refractivity contribution < 1.29 is 4.79 Å². The fourth-order valence-electron chi connectivity index (χ4n) is 2.15. The number of rotatable bonds is 3. The van der Waals surface area contributed by atoms with Crippen LogP contribution in [0.2, 0.25) is 0 Å². The molecule has 3 N–H and O–H groups in total. The highest BCUT2D eigenvalue weighted by Gasteiger charge is 2.21. The molecule has 0 fully saturated rings. The Morgan fingerprint density at radius 3 is 2.75 bits per heavy atom. The Kier molecular flexibility index (Phi) is 3.61. The zero-order chi connectivity index (χ0) is 14.9. The van der Waals surface area contributed by atoms with Crippen LogP contribution in [0.1, 0.15) is 32.4 Å². The van der Waals surface area contributed by atoms with Gasteiger partial charge in [-0.25, -0.2) is 4.98 Å². The van der Waals surface area contributed by atoms with Crippen molar-refractivity contribution in [2.75, 3.05) is 5.73 Å². The second kappa shape index (κ2) is 5.21. The quantitative estimate of drug-likeness (QED) is 0.885. The van der Waals surface area contributed by atoms with Crippen molar-refractivity contribution in [2.24, 2.45) is 0 Å². The molecule has 1 aromatic carbocycles. The third-order valence-corrected chi connectivity index (χ3v) is 3.07. The van der Waals surface area contributed by atoms with Gasteiger partial charge in [0.05, 0.1) is 11.1 Å². The number of hydrogen-bond acceptors (Lipinski definition) is 4. The number of anilines is 1. The first kappa shape index (κ1) is 13.9. The van der Waals surface area contributed by atoms with Crippen molar-refractivity contribution in [3.63, 3.8) is 0 Å². The number of fused-ring (bicyclic) bond motifs is 1. The Bertz CT molecular complexity index is 695. The first-order chi connectivity index (χ1) is 9.45. The number of para-hydroxylation sites is 1. The summed E-state index contributed by atoms with van der Waals surface area (Å²) in [4.78, 5) is 16.3. The number of carbonyl (C=O) groups excluding carboxylic acids is 1. The lowest BCUT2D eigenvalue weighted by atomic mass is 10.2. The summed E-state index contributed by atoms with van der Waals surface area (Å²) in [5, 5.41) is 11.9. The fourth-order valence-corrected chi connectivity index (χ4v) is 2.15. The molecular formula is C14H17N5O. The van der Waals surface area contributed by atoms with E-state index in [0.29, 0.717) is 16.6 Å². The summed E-state index contributed by atoms with van der Waals surface area (Å²) in [7, 11) is 0. The maximum Gasteiger partial charge on any atom is 0.243 e. The van der Waals surface area contributed by atoms with Crippen molar-refractivity contribution >= 4 is 22.9 Å². The summed E-state index contributed by atoms with van der Waals surface area (Å²) in [6.07, 6.45) is 0. The van der Waals surface area contributed by atoms with Crippen LogP contribution in [-0.2, 0) is 4.79 Å². The van der Waals surface area contributed by atoms with Crippen LogP contribution >= 0.6 is 0 Å². The first-order valence-electron chi connectivity index (χ1n) is 6.42. The number of nitrogens with one attached hydrogen (secondary N) is 1. The Labute approximate surface area is 117 Å². The van der Waals surface area contributed by atoms with E-state index >= 15 is 0 Å². The number of hydrogen-bond donors (Lipinski definition) is 2. The molecule has 1 atom stereocenters. The number of imidazole rings is 1. The first-order valence-corrected chi connectivity index (χ1v) is 6.42. The molecule has 0 aliphatic heterocycles. The Balaban J connectivity index is 2.52. The molecule has 0 spiro atoms. The zero-order valence-electron chi connectivity index (χ0n) is 11.7. The van der Waals surface area contributed by atoms with Gasteiger partial charge in [-0.15, -0.1) is 0 Å². The summed E-state index contributed by atoms with van der Waals surface area (Å²) in [5.74, 6) is 0.0995. The van der Waals surface area contributed by atoms with E-state index in [4.69, 9.17) is 11.0 Å². The van der Waals surface area contributed by atoms with Crippen molar-refractivity contribution in [1.29, 1.82) is 5.26 Å². The number of nitrogens with zero attached hydrogens (tertiary/aromatic N) is 3. The third kappa shape index (κ3) is 2.30. The van der Waals surface area contributed by atoms with Gasteiger partial charge < -0.3 is 11.1 Å². The van der Waals surface area contributed by atoms with Crippen molar-refractivity contribution in [3.8, 4) is 6.07 Å². The van der Waals surface area contributed by atoms with E-state index in [2.05, 4.69) is 16.4 Å². The minimum atomic E-state index is -0.489. The van der Waals surface area contributed by atoms with Crippen LogP contribution in [0.3, 0.4) is 0 Å². The van der Waals surface area contributed by atoms with Gasteiger partial charge in [-0.1, -0.05) is 6.07 Å². The van der Waals surface area contributed by atoms with Gasteiger partial charge in [0.2, 0.25) is 11.9 Å². The number of benzene rings is 1. The average molecular weight is 271 g/mol. The van der Waals surface area contributed by atoms with Gasteiger partial charge in [-0.2, -0.15) is 5.26 Å². The maximum atomic E-state index is 12.1. The number of aromatic nitrogens is 2. The monoisotopic (exact) mass is 271 g/mol. The van der Waals surface area contributed by atoms with E-state index in [0.717, 1.165) is 0 Å². The van der Waals surface area contributed by atoms with Gasteiger partial charge in [0.15, 0.2) is 0 Å². The van der Waals surface area contributed by atoms with Crippen LogP contribution in [0.4, 0.5) is 5.95 Å². The van der Waals surface area contributed by atoms with Gasteiger partial charge in [0.25, 0.3) is 0 Å². The Hall–Kier alpha value is -2.55. The normalized spacial score (nSPS) is 12.3. The molecule has 0 bridgehead atoms. The molecule has 0 saturated carbocycles. The highest BCUT2D eigenvalue weighted by molar-refractivity contribution is 5.88. The molecule has 1 aromatic heterocycles. The topological polar surface area (TPSA) is 96.7 Å². The van der Waals surface area contributed by atoms with Crippen LogP contribution in [0.5, 0.6) is 0 Å². The summed E-state index contributed by atoms with van der Waals surface area (Å²) in [6.45, 7) is 5.55. The van der Waals surface area contributed by atoms with Crippen molar-refractivity contribution in [3.05, 3.63) is 23.8 Å². The number of nitrogens with two attached hydrogens (primary N) is 1. The molecule has 0 saturated heterocycles. The molecule has 20 heavy (non-hydrogen) atoms. The average Bonchev–Trinajstić information content (AvgIpc) is 2.72. The van der Waals surface area contributed by atoms with Crippen LogP contribution in [0.25, 0.3) is 11.0 Å². The van der Waals surface area contributed by atoms with Gasteiger partial charge in [0.1, 0.15) is 17.6 Å². The SMILES string of the molecule is CC(C)NC(=O)C(C)n1c(N)nc2c(C#N)cccc21. The van der Waals surface area contributed by atoms with E-state index in [1.165, 1.54) is 0 Å². The van der Waals surface area contributed by atoms with Crippen LogP contribution < -0.4 is 11.1 Å². The van der Waals surface area contributed by atoms with Gasteiger partial charge in [0, 0.05) is 6.04 Å². The predicted molar refractivity (Wildman–Crippen MR) is 76.9 cm³/mol. The molecule has 1 heterocycles. The predicted octanol–water partition coefficient (Wildman–Crippen LogP) is 1.58. The maximum absolute atomic E-state index is 12.1. The van der Waals surface area contributed by atoms with E-state index in [-0.39, 0.29) is 17.9 Å². The fraction of sp³-hybridized carbons (Fsp3) is 0.357. The molecule has 1 amide bonds. The third-order valence-electron chi connectivity index (χ3n) is 3.07. The molecule has 0 aliphatic rings. The van der Waals surface area contributed by atoms with E-state index < -0.39 is 6.04 Å². The molecule has 104 valence electrons. The second-order valence-electron chi connectivity index (χ2n) is 4.96. The van der Waals surface area contributed by atoms with E-state index in [1.807, 2.05) is 13.8 Å². The molecule has 6 nitrogen and oxygen atoms in total. The van der Waals surface area contributed by atoms with E-state index in [9.17, 15) is 4.79 Å². The summed E-state index contributed by atoms with van der Waals surface area (Å²) in [6, 6.07) is 6.88.